The molecule has 1 aromatic heterocycles. The third kappa shape index (κ3) is 2.83. The SMILES string of the molecule is CCC1CN(S(=O)(=O)c2sc(=O)[nH]c2C)C(CC)CN1. The Hall–Kier alpha value is -0.700. The van der Waals surface area contributed by atoms with Crippen molar-refractivity contribution in [1.29, 1.82) is 0 Å². The van der Waals surface area contributed by atoms with Gasteiger partial charge in [0.2, 0.25) is 0 Å². The lowest BCUT2D eigenvalue weighted by atomic mass is 10.1. The molecular formula is C12H21N3O3S2. The summed E-state index contributed by atoms with van der Waals surface area (Å²) in [4.78, 5) is 13.6. The molecule has 0 saturated carbocycles. The zero-order valence-electron chi connectivity index (χ0n) is 12.0. The van der Waals surface area contributed by atoms with Gasteiger partial charge < -0.3 is 10.3 Å². The molecule has 1 fully saturated rings. The van der Waals surface area contributed by atoms with Gasteiger partial charge in [-0.05, 0) is 19.8 Å². The lowest BCUT2D eigenvalue weighted by Crippen LogP contribution is -2.57. The highest BCUT2D eigenvalue weighted by molar-refractivity contribution is 7.91. The average molecular weight is 319 g/mol. The molecule has 0 amide bonds. The summed E-state index contributed by atoms with van der Waals surface area (Å²) < 4.78 is 27.3. The fourth-order valence-electron chi connectivity index (χ4n) is 2.49. The van der Waals surface area contributed by atoms with Crippen LogP contribution >= 0.6 is 11.3 Å². The third-order valence-corrected chi connectivity index (χ3v) is 7.24. The van der Waals surface area contributed by atoms with Crippen molar-refractivity contribution in [1.82, 2.24) is 14.6 Å². The molecule has 0 spiro atoms. The lowest BCUT2D eigenvalue weighted by Gasteiger charge is -2.38. The highest BCUT2D eigenvalue weighted by atomic mass is 32.2. The number of piperazine rings is 1. The average Bonchev–Trinajstić information content (AvgIpc) is 2.77. The van der Waals surface area contributed by atoms with Gasteiger partial charge in [0.1, 0.15) is 0 Å². The second-order valence-corrected chi connectivity index (χ2v) is 8.15. The number of aromatic nitrogens is 1. The van der Waals surface area contributed by atoms with Gasteiger partial charge in [0, 0.05) is 30.9 Å². The van der Waals surface area contributed by atoms with E-state index in [-0.39, 0.29) is 21.2 Å². The minimum atomic E-state index is -3.60. The summed E-state index contributed by atoms with van der Waals surface area (Å²) >= 11 is 0.775. The van der Waals surface area contributed by atoms with Gasteiger partial charge in [-0.3, -0.25) is 4.79 Å². The molecule has 6 nitrogen and oxygen atoms in total. The lowest BCUT2D eigenvalue weighted by molar-refractivity contribution is 0.216. The Labute approximate surface area is 123 Å². The second-order valence-electron chi connectivity index (χ2n) is 5.08. The van der Waals surface area contributed by atoms with Crippen molar-refractivity contribution in [2.45, 2.75) is 49.9 Å². The molecule has 2 heterocycles. The molecule has 0 aliphatic carbocycles. The van der Waals surface area contributed by atoms with Crippen LogP contribution in [-0.4, -0.2) is 42.9 Å². The van der Waals surface area contributed by atoms with Crippen molar-refractivity contribution >= 4 is 21.4 Å². The first-order valence-corrected chi connectivity index (χ1v) is 9.10. The summed E-state index contributed by atoms with van der Waals surface area (Å²) in [6.45, 7) is 6.77. The van der Waals surface area contributed by atoms with Gasteiger partial charge in [0.25, 0.3) is 10.0 Å². The molecule has 20 heavy (non-hydrogen) atoms. The van der Waals surface area contributed by atoms with E-state index in [0.717, 1.165) is 24.2 Å². The van der Waals surface area contributed by atoms with E-state index in [9.17, 15) is 13.2 Å². The van der Waals surface area contributed by atoms with Crippen molar-refractivity contribution in [3.8, 4) is 0 Å². The monoisotopic (exact) mass is 319 g/mol. The Kier molecular flexibility index (Phi) is 4.68. The van der Waals surface area contributed by atoms with E-state index in [2.05, 4.69) is 10.3 Å². The number of aromatic amines is 1. The number of rotatable bonds is 4. The fourth-order valence-corrected chi connectivity index (χ4v) is 5.65. The molecule has 0 radical (unpaired) electrons. The number of sulfonamides is 1. The summed E-state index contributed by atoms with van der Waals surface area (Å²) in [6, 6.07) is 0.114. The molecule has 2 atom stereocenters. The van der Waals surface area contributed by atoms with Gasteiger partial charge in [0.15, 0.2) is 4.21 Å². The van der Waals surface area contributed by atoms with Crippen molar-refractivity contribution < 1.29 is 8.42 Å². The molecule has 0 aromatic carbocycles. The van der Waals surface area contributed by atoms with Crippen LogP contribution in [0.15, 0.2) is 9.00 Å². The van der Waals surface area contributed by atoms with E-state index >= 15 is 0 Å². The molecule has 0 bridgehead atoms. The molecule has 1 aliphatic heterocycles. The van der Waals surface area contributed by atoms with E-state index < -0.39 is 10.0 Å². The van der Waals surface area contributed by atoms with Crippen LogP contribution in [-0.2, 0) is 10.0 Å². The van der Waals surface area contributed by atoms with Crippen LogP contribution in [0.25, 0.3) is 0 Å². The van der Waals surface area contributed by atoms with Crippen molar-refractivity contribution in [2.24, 2.45) is 0 Å². The summed E-state index contributed by atoms with van der Waals surface area (Å²) in [5, 5.41) is 3.37. The smallest absolute Gasteiger partial charge is 0.305 e. The minimum Gasteiger partial charge on any atom is -0.315 e. The molecule has 1 aliphatic rings. The topological polar surface area (TPSA) is 82.3 Å². The van der Waals surface area contributed by atoms with Gasteiger partial charge in [-0.1, -0.05) is 25.2 Å². The van der Waals surface area contributed by atoms with Crippen molar-refractivity contribution in [3.63, 3.8) is 0 Å². The Morgan fingerprint density at radius 2 is 2.05 bits per heavy atom. The van der Waals surface area contributed by atoms with Gasteiger partial charge in [-0.2, -0.15) is 4.31 Å². The maximum Gasteiger partial charge on any atom is 0.305 e. The van der Waals surface area contributed by atoms with Gasteiger partial charge in [-0.15, -0.1) is 0 Å². The fraction of sp³-hybridized carbons (Fsp3) is 0.750. The number of aryl methyl sites for hydroxylation is 1. The van der Waals surface area contributed by atoms with Crippen LogP contribution in [0.4, 0.5) is 0 Å². The summed E-state index contributed by atoms with van der Waals surface area (Å²) in [6.07, 6.45) is 1.63. The minimum absolute atomic E-state index is 0.0561. The highest BCUT2D eigenvalue weighted by Crippen LogP contribution is 2.26. The predicted octanol–water partition coefficient (Wildman–Crippen LogP) is 0.896. The van der Waals surface area contributed by atoms with Crippen LogP contribution in [0, 0.1) is 6.92 Å². The third-order valence-electron chi connectivity index (χ3n) is 3.74. The maximum atomic E-state index is 12.8. The molecule has 1 saturated heterocycles. The maximum absolute atomic E-state index is 12.8. The second kappa shape index (κ2) is 5.97. The molecule has 114 valence electrons. The first-order chi connectivity index (χ1) is 9.40. The van der Waals surface area contributed by atoms with Crippen molar-refractivity contribution in [2.75, 3.05) is 13.1 Å². The van der Waals surface area contributed by atoms with Crippen molar-refractivity contribution in [3.05, 3.63) is 15.4 Å². The summed E-state index contributed by atoms with van der Waals surface area (Å²) in [5.74, 6) is 0. The molecule has 2 N–H and O–H groups in total. The highest BCUT2D eigenvalue weighted by Gasteiger charge is 2.37. The number of hydrogen-bond acceptors (Lipinski definition) is 5. The number of hydrogen-bond donors (Lipinski definition) is 2. The Morgan fingerprint density at radius 1 is 1.35 bits per heavy atom. The van der Waals surface area contributed by atoms with E-state index in [1.165, 1.54) is 0 Å². The van der Waals surface area contributed by atoms with E-state index in [1.54, 1.807) is 11.2 Å². The first-order valence-electron chi connectivity index (χ1n) is 6.85. The van der Waals surface area contributed by atoms with Gasteiger partial charge in [0.05, 0.1) is 0 Å². The quantitative estimate of drug-likeness (QED) is 0.864. The van der Waals surface area contributed by atoms with Crippen LogP contribution in [0.3, 0.4) is 0 Å². The van der Waals surface area contributed by atoms with E-state index in [0.29, 0.717) is 18.8 Å². The van der Waals surface area contributed by atoms with Gasteiger partial charge >= 0.3 is 4.87 Å². The zero-order chi connectivity index (χ0) is 14.9. The number of nitrogens with one attached hydrogen (secondary N) is 2. The van der Waals surface area contributed by atoms with E-state index in [4.69, 9.17) is 0 Å². The van der Waals surface area contributed by atoms with E-state index in [1.807, 2.05) is 13.8 Å². The van der Waals surface area contributed by atoms with Gasteiger partial charge in [-0.25, -0.2) is 8.42 Å². The molecule has 8 heteroatoms. The number of nitrogens with zero attached hydrogens (tertiary/aromatic N) is 1. The first kappa shape index (κ1) is 15.7. The summed E-state index contributed by atoms with van der Waals surface area (Å²) in [7, 11) is -3.60. The molecule has 2 unspecified atom stereocenters. The van der Waals surface area contributed by atoms with Crippen LogP contribution in [0.1, 0.15) is 32.4 Å². The zero-order valence-corrected chi connectivity index (χ0v) is 13.6. The largest absolute Gasteiger partial charge is 0.315 e. The summed E-state index contributed by atoms with van der Waals surface area (Å²) in [5.41, 5.74) is 0.432. The normalized spacial score (nSPS) is 24.9. The molecular weight excluding hydrogens is 298 g/mol. The number of H-pyrrole nitrogens is 1. The Balaban J connectivity index is 2.39. The van der Waals surface area contributed by atoms with Crippen LogP contribution < -0.4 is 10.2 Å². The van der Waals surface area contributed by atoms with Crippen LogP contribution in [0.2, 0.25) is 0 Å². The molecule has 2 rings (SSSR count). The Bertz CT molecular complexity index is 620. The standard InChI is InChI=1S/C12H21N3O3S2/c1-4-9-7-15(10(5-2)6-13-9)20(17,18)11-8(3)14-12(16)19-11/h9-10,13H,4-7H2,1-3H3,(H,14,16). The number of thiazole rings is 1. The van der Waals surface area contributed by atoms with Crippen LogP contribution in [0.5, 0.6) is 0 Å². The predicted molar refractivity (Wildman–Crippen MR) is 79.7 cm³/mol. The molecule has 1 aromatic rings. The Morgan fingerprint density at radius 3 is 2.55 bits per heavy atom.